The van der Waals surface area contributed by atoms with Gasteiger partial charge in [-0.3, -0.25) is 29.5 Å². The van der Waals surface area contributed by atoms with Crippen LogP contribution in [0.4, 0.5) is 17.1 Å². The van der Waals surface area contributed by atoms with E-state index in [9.17, 15) is 19.7 Å². The molecule has 0 unspecified atom stereocenters. The maximum atomic E-state index is 12.4. The van der Waals surface area contributed by atoms with Crippen molar-refractivity contribution in [2.45, 2.75) is 6.92 Å². The fraction of sp³-hybridized carbons (Fsp3) is 0.300. The smallest absolute Gasteiger partial charge is 0.300 e. The van der Waals surface area contributed by atoms with Crippen molar-refractivity contribution in [1.82, 2.24) is 4.90 Å². The molecule has 1 fully saturated rings. The summed E-state index contributed by atoms with van der Waals surface area (Å²) in [6.45, 7) is 5.54. The first-order chi connectivity index (χ1) is 13.4. The summed E-state index contributed by atoms with van der Waals surface area (Å²) >= 11 is 0. The first-order valence-corrected chi connectivity index (χ1v) is 9.12. The van der Waals surface area contributed by atoms with E-state index in [0.717, 1.165) is 26.2 Å². The van der Waals surface area contributed by atoms with Crippen LogP contribution in [0.1, 0.15) is 15.9 Å². The van der Waals surface area contributed by atoms with Crippen LogP contribution >= 0.6 is 0 Å². The topological polar surface area (TPSA) is 87.0 Å². The van der Waals surface area contributed by atoms with Crippen molar-refractivity contribution in [2.75, 3.05) is 42.6 Å². The van der Waals surface area contributed by atoms with Gasteiger partial charge in [0.1, 0.15) is 0 Å². The Kier molecular flexibility index (Phi) is 4.56. The minimum absolute atomic E-state index is 0.109. The highest BCUT2D eigenvalue weighted by Crippen LogP contribution is 2.32. The first-order valence-electron chi connectivity index (χ1n) is 9.12. The van der Waals surface area contributed by atoms with Crippen LogP contribution in [0.25, 0.3) is 0 Å². The van der Waals surface area contributed by atoms with Gasteiger partial charge in [0.05, 0.1) is 22.8 Å². The summed E-state index contributed by atoms with van der Waals surface area (Å²) in [6, 6.07) is 12.4. The Morgan fingerprint density at radius 3 is 2.46 bits per heavy atom. The molecule has 2 aliphatic rings. The maximum absolute atomic E-state index is 12.4. The van der Waals surface area contributed by atoms with Gasteiger partial charge < -0.3 is 4.90 Å². The Labute approximate surface area is 162 Å². The fourth-order valence-electron chi connectivity index (χ4n) is 3.71. The molecule has 0 aromatic heterocycles. The van der Waals surface area contributed by atoms with Crippen LogP contribution in [-0.4, -0.2) is 54.4 Å². The van der Waals surface area contributed by atoms with Gasteiger partial charge in [0.2, 0.25) is 0 Å². The van der Waals surface area contributed by atoms with Crippen LogP contribution in [-0.2, 0) is 4.79 Å². The van der Waals surface area contributed by atoms with Crippen LogP contribution in [0.3, 0.4) is 0 Å². The fourth-order valence-corrected chi connectivity index (χ4v) is 3.71. The van der Waals surface area contributed by atoms with Gasteiger partial charge in [-0.05, 0) is 30.7 Å². The predicted octanol–water partition coefficient (Wildman–Crippen LogP) is 2.21. The number of fused-ring (bicyclic) bond motifs is 1. The van der Waals surface area contributed by atoms with Crippen LogP contribution in [0.15, 0.2) is 42.5 Å². The number of benzene rings is 2. The van der Waals surface area contributed by atoms with Crippen molar-refractivity contribution in [3.63, 3.8) is 0 Å². The Morgan fingerprint density at radius 2 is 1.79 bits per heavy atom. The maximum Gasteiger partial charge on any atom is 0.300 e. The molecule has 0 spiro atoms. The summed E-state index contributed by atoms with van der Waals surface area (Å²) in [5.41, 5.74) is 2.77. The van der Waals surface area contributed by atoms with Crippen molar-refractivity contribution in [1.29, 1.82) is 0 Å². The highest BCUT2D eigenvalue weighted by Gasteiger charge is 2.38. The summed E-state index contributed by atoms with van der Waals surface area (Å²) in [7, 11) is 0. The Balaban J connectivity index is 1.45. The van der Waals surface area contributed by atoms with Gasteiger partial charge in [0.15, 0.2) is 0 Å². The number of nitro groups is 1. The number of carbonyl (C=O) groups is 2. The van der Waals surface area contributed by atoms with Crippen molar-refractivity contribution in [3.8, 4) is 0 Å². The second-order valence-electron chi connectivity index (χ2n) is 7.11. The lowest BCUT2D eigenvalue weighted by Crippen LogP contribution is -2.51. The van der Waals surface area contributed by atoms with E-state index in [1.54, 1.807) is 0 Å². The first kappa shape index (κ1) is 18.1. The van der Waals surface area contributed by atoms with E-state index in [4.69, 9.17) is 0 Å². The minimum Gasteiger partial charge on any atom is -0.369 e. The van der Waals surface area contributed by atoms with Crippen LogP contribution in [0, 0.1) is 17.0 Å². The number of amides is 1. The number of hydrogen-bond donors (Lipinski definition) is 0. The van der Waals surface area contributed by atoms with E-state index in [-0.39, 0.29) is 11.3 Å². The van der Waals surface area contributed by atoms with Crippen LogP contribution in [0.5, 0.6) is 0 Å². The molecule has 0 N–H and O–H groups in total. The van der Waals surface area contributed by atoms with E-state index in [1.807, 2.05) is 6.07 Å². The van der Waals surface area contributed by atoms with Crippen molar-refractivity contribution in [3.05, 3.63) is 63.7 Å². The number of hydrogen-bond acceptors (Lipinski definition) is 6. The van der Waals surface area contributed by atoms with Crippen LogP contribution in [0.2, 0.25) is 0 Å². The third-order valence-corrected chi connectivity index (χ3v) is 5.25. The Morgan fingerprint density at radius 1 is 1.04 bits per heavy atom. The number of anilines is 2. The summed E-state index contributed by atoms with van der Waals surface area (Å²) in [5.74, 6) is -1.31. The molecular weight excluding hydrogens is 360 g/mol. The van der Waals surface area contributed by atoms with Gasteiger partial charge in [0.25, 0.3) is 11.5 Å². The molecule has 28 heavy (non-hydrogen) atoms. The molecule has 0 atom stereocenters. The molecule has 1 saturated heterocycles. The summed E-state index contributed by atoms with van der Waals surface area (Å²) in [5, 5.41) is 10.9. The van der Waals surface area contributed by atoms with Gasteiger partial charge in [0, 0.05) is 44.0 Å². The van der Waals surface area contributed by atoms with E-state index >= 15 is 0 Å². The molecule has 1 amide bonds. The number of Topliss-reactive ketones (excluding diaryl/α,β-unsaturated/α-hetero) is 1. The molecule has 0 aliphatic carbocycles. The highest BCUT2D eigenvalue weighted by molar-refractivity contribution is 6.52. The number of rotatable bonds is 4. The third-order valence-electron chi connectivity index (χ3n) is 5.25. The number of piperazine rings is 1. The lowest BCUT2D eigenvalue weighted by atomic mass is 10.1. The van der Waals surface area contributed by atoms with Gasteiger partial charge in [-0.1, -0.05) is 12.1 Å². The largest absolute Gasteiger partial charge is 0.369 e. The normalized spacial score (nSPS) is 17.2. The average Bonchev–Trinajstić information content (AvgIpc) is 2.93. The number of nitro benzene ring substituents is 1. The molecule has 0 bridgehead atoms. The van der Waals surface area contributed by atoms with Crippen molar-refractivity contribution in [2.24, 2.45) is 0 Å². The quantitative estimate of drug-likeness (QED) is 0.459. The Hall–Kier alpha value is -3.26. The highest BCUT2D eigenvalue weighted by atomic mass is 16.6. The van der Waals surface area contributed by atoms with Crippen molar-refractivity contribution >= 4 is 28.8 Å². The molecule has 2 aromatic rings. The van der Waals surface area contributed by atoms with E-state index < -0.39 is 16.6 Å². The summed E-state index contributed by atoms with van der Waals surface area (Å²) in [6.07, 6.45) is 0. The Bertz CT molecular complexity index is 966. The van der Waals surface area contributed by atoms with E-state index in [2.05, 4.69) is 34.9 Å². The van der Waals surface area contributed by atoms with Crippen molar-refractivity contribution < 1.29 is 14.5 Å². The van der Waals surface area contributed by atoms with Gasteiger partial charge in [-0.25, -0.2) is 0 Å². The summed E-state index contributed by atoms with van der Waals surface area (Å²) in [4.78, 5) is 40.9. The van der Waals surface area contributed by atoms with E-state index in [1.165, 1.54) is 34.3 Å². The van der Waals surface area contributed by atoms with Gasteiger partial charge in [-0.2, -0.15) is 0 Å². The zero-order valence-corrected chi connectivity index (χ0v) is 15.5. The standard InChI is InChI=1S/C20H20N4O4/c1-14-3-2-4-15(11-14)22-9-7-21(8-10-22)13-23-18-6-5-16(24(27)28)12-17(18)19(25)20(23)26/h2-6,11-12H,7-10,13H2,1H3. The zero-order chi connectivity index (χ0) is 19.8. The second-order valence-corrected chi connectivity index (χ2v) is 7.11. The summed E-state index contributed by atoms with van der Waals surface area (Å²) < 4.78 is 0. The number of nitrogens with zero attached hydrogens (tertiary/aromatic N) is 4. The number of aryl methyl sites for hydroxylation is 1. The zero-order valence-electron chi connectivity index (χ0n) is 15.5. The SMILES string of the molecule is Cc1cccc(N2CCN(CN3C(=O)C(=O)c4cc([N+](=O)[O-])ccc43)CC2)c1. The molecule has 2 heterocycles. The lowest BCUT2D eigenvalue weighted by molar-refractivity contribution is -0.384. The molecule has 0 radical (unpaired) electrons. The third kappa shape index (κ3) is 3.22. The number of non-ortho nitro benzene ring substituents is 1. The molecule has 4 rings (SSSR count). The molecule has 2 aromatic carbocycles. The van der Waals surface area contributed by atoms with Gasteiger partial charge >= 0.3 is 5.91 Å². The van der Waals surface area contributed by atoms with Crippen LogP contribution < -0.4 is 9.80 Å². The molecule has 0 saturated carbocycles. The lowest BCUT2D eigenvalue weighted by Gasteiger charge is -2.37. The molecule has 144 valence electrons. The average molecular weight is 380 g/mol. The number of ketones is 1. The van der Waals surface area contributed by atoms with E-state index in [0.29, 0.717) is 12.4 Å². The molecule has 2 aliphatic heterocycles. The number of carbonyl (C=O) groups excluding carboxylic acids is 2. The minimum atomic E-state index is -0.683. The molecule has 8 heteroatoms. The monoisotopic (exact) mass is 380 g/mol. The molecule has 8 nitrogen and oxygen atoms in total. The van der Waals surface area contributed by atoms with Gasteiger partial charge in [-0.15, -0.1) is 0 Å². The molecular formula is C20H20N4O4. The second kappa shape index (κ2) is 7.05. The predicted molar refractivity (Wildman–Crippen MR) is 105 cm³/mol.